The van der Waals surface area contributed by atoms with Gasteiger partial charge in [-0.3, -0.25) is 4.79 Å². The maximum atomic E-state index is 13.0. The molecule has 3 aromatic rings. The highest BCUT2D eigenvalue weighted by Gasteiger charge is 2.16. The molecule has 0 heterocycles. The lowest BCUT2D eigenvalue weighted by atomic mass is 10.1. The first kappa shape index (κ1) is 34.3. The van der Waals surface area contributed by atoms with Crippen molar-refractivity contribution in [2.45, 2.75) is 79.1 Å². The van der Waals surface area contributed by atoms with Gasteiger partial charge in [0.1, 0.15) is 5.75 Å². The third kappa shape index (κ3) is 11.1. The van der Waals surface area contributed by atoms with E-state index in [4.69, 9.17) is 23.7 Å². The molecule has 1 amide bonds. The molecule has 8 nitrogen and oxygen atoms in total. The number of ether oxygens (including phenoxy) is 5. The summed E-state index contributed by atoms with van der Waals surface area (Å²) in [5.41, 5.74) is 1.37. The Bertz CT molecular complexity index is 1210. The van der Waals surface area contributed by atoms with Crippen molar-refractivity contribution in [2.75, 3.05) is 31.7 Å². The van der Waals surface area contributed by atoms with Crippen LogP contribution in [-0.2, 0) is 0 Å². The van der Waals surface area contributed by atoms with Crippen molar-refractivity contribution in [1.82, 2.24) is 0 Å². The monoisotopic (exact) mass is 605 g/mol. The van der Waals surface area contributed by atoms with Crippen LogP contribution in [0.2, 0.25) is 0 Å². The fraction of sp³-hybridized carbons (Fsp3) is 0.444. The molecule has 3 aromatic carbocycles. The number of hydrogen-bond acceptors (Lipinski definition) is 7. The number of unbranched alkanes of at least 4 members (excludes halogenated alkanes) is 4. The van der Waals surface area contributed by atoms with Gasteiger partial charge in [-0.15, -0.1) is 0 Å². The highest BCUT2D eigenvalue weighted by Crippen LogP contribution is 2.31. The van der Waals surface area contributed by atoms with Crippen molar-refractivity contribution < 1.29 is 33.3 Å². The highest BCUT2D eigenvalue weighted by molar-refractivity contribution is 6.04. The van der Waals surface area contributed by atoms with E-state index in [1.165, 1.54) is 0 Å². The van der Waals surface area contributed by atoms with Crippen molar-refractivity contribution >= 4 is 17.6 Å². The van der Waals surface area contributed by atoms with Gasteiger partial charge in [-0.25, -0.2) is 4.79 Å². The van der Waals surface area contributed by atoms with Gasteiger partial charge in [-0.1, -0.05) is 53.4 Å². The van der Waals surface area contributed by atoms with E-state index in [0.717, 1.165) is 51.4 Å². The number of carbonyl (C=O) groups is 2. The number of carbonyl (C=O) groups excluding carboxylic acids is 2. The lowest BCUT2D eigenvalue weighted by Gasteiger charge is -2.14. The largest absolute Gasteiger partial charge is 0.490 e. The Labute approximate surface area is 262 Å². The van der Waals surface area contributed by atoms with Crippen molar-refractivity contribution in [3.63, 3.8) is 0 Å². The molecule has 0 atom stereocenters. The van der Waals surface area contributed by atoms with Gasteiger partial charge in [0, 0.05) is 11.3 Å². The van der Waals surface area contributed by atoms with Crippen LogP contribution < -0.4 is 29.0 Å². The number of benzene rings is 3. The molecule has 0 aromatic heterocycles. The molecule has 1 N–H and O–H groups in total. The van der Waals surface area contributed by atoms with Crippen LogP contribution in [0.15, 0.2) is 60.7 Å². The SMILES string of the molecule is CCCCOc1ccc(C(=O)Nc2ccc(OC(=O)c3ccc(OCCCC)c(OCCCC)c3)cc2)cc1OCCCC. The Morgan fingerprint density at radius 3 is 1.45 bits per heavy atom. The summed E-state index contributed by atoms with van der Waals surface area (Å²) in [5, 5.41) is 2.89. The quantitative estimate of drug-likeness (QED) is 0.0781. The van der Waals surface area contributed by atoms with Crippen molar-refractivity contribution in [3.8, 4) is 28.7 Å². The second-order valence-electron chi connectivity index (χ2n) is 10.5. The zero-order valence-electron chi connectivity index (χ0n) is 26.6. The van der Waals surface area contributed by atoms with Crippen LogP contribution in [0.1, 0.15) is 99.8 Å². The zero-order valence-corrected chi connectivity index (χ0v) is 26.6. The normalized spacial score (nSPS) is 10.6. The summed E-state index contributed by atoms with van der Waals surface area (Å²) >= 11 is 0. The van der Waals surface area contributed by atoms with E-state index < -0.39 is 5.97 Å². The minimum atomic E-state index is -0.515. The van der Waals surface area contributed by atoms with Crippen LogP contribution in [0, 0.1) is 0 Å². The zero-order chi connectivity index (χ0) is 31.6. The summed E-state index contributed by atoms with van der Waals surface area (Å²) < 4.78 is 29.2. The molecule has 0 aliphatic carbocycles. The lowest BCUT2D eigenvalue weighted by molar-refractivity contribution is 0.0733. The minimum absolute atomic E-state index is 0.285. The van der Waals surface area contributed by atoms with E-state index >= 15 is 0 Å². The molecule has 0 fully saturated rings. The van der Waals surface area contributed by atoms with Gasteiger partial charge < -0.3 is 29.0 Å². The molecule has 0 unspecified atom stereocenters. The van der Waals surface area contributed by atoms with E-state index in [1.807, 2.05) is 0 Å². The smallest absolute Gasteiger partial charge is 0.343 e. The molecule has 0 saturated heterocycles. The minimum Gasteiger partial charge on any atom is -0.490 e. The molecular weight excluding hydrogens is 558 g/mol. The van der Waals surface area contributed by atoms with E-state index in [9.17, 15) is 9.59 Å². The molecule has 3 rings (SSSR count). The summed E-state index contributed by atoms with van der Waals surface area (Å²) in [5.74, 6) is 1.89. The van der Waals surface area contributed by atoms with Crippen LogP contribution in [-0.4, -0.2) is 38.3 Å². The molecule has 0 aliphatic rings. The number of rotatable bonds is 20. The van der Waals surface area contributed by atoms with Crippen LogP contribution in [0.4, 0.5) is 5.69 Å². The van der Waals surface area contributed by atoms with Gasteiger partial charge in [0.15, 0.2) is 23.0 Å². The highest BCUT2D eigenvalue weighted by atomic mass is 16.5. The summed E-state index contributed by atoms with van der Waals surface area (Å²) in [6, 6.07) is 16.9. The van der Waals surface area contributed by atoms with Crippen LogP contribution in [0.3, 0.4) is 0 Å². The molecule has 238 valence electrons. The van der Waals surface area contributed by atoms with Gasteiger partial charge >= 0.3 is 5.97 Å². The number of nitrogens with one attached hydrogen (secondary N) is 1. The van der Waals surface area contributed by atoms with Gasteiger partial charge in [0.05, 0.1) is 32.0 Å². The molecule has 44 heavy (non-hydrogen) atoms. The Balaban J connectivity index is 1.64. The topological polar surface area (TPSA) is 92.3 Å². The van der Waals surface area contributed by atoms with Crippen LogP contribution in [0.25, 0.3) is 0 Å². The maximum Gasteiger partial charge on any atom is 0.343 e. The molecular formula is C36H47NO7. The van der Waals surface area contributed by atoms with Crippen molar-refractivity contribution in [2.24, 2.45) is 0 Å². The third-order valence-electron chi connectivity index (χ3n) is 6.73. The molecule has 0 aliphatic heterocycles. The standard InChI is InChI=1S/C36H47NO7/c1-5-9-21-40-31-19-13-27(25-33(31)42-23-11-7-3)35(38)37-29-15-17-30(18-16-29)44-36(39)28-14-20-32(41-22-10-6-2)34(26-28)43-24-12-8-4/h13-20,25-26H,5-12,21-24H2,1-4H3,(H,37,38). The molecule has 0 bridgehead atoms. The average Bonchev–Trinajstić information content (AvgIpc) is 3.03. The van der Waals surface area contributed by atoms with E-state index in [2.05, 4.69) is 33.0 Å². The molecule has 8 heteroatoms. The van der Waals surface area contributed by atoms with Gasteiger partial charge in [0.25, 0.3) is 5.91 Å². The second-order valence-corrected chi connectivity index (χ2v) is 10.5. The number of anilines is 1. The fourth-order valence-electron chi connectivity index (χ4n) is 4.03. The van der Waals surface area contributed by atoms with Gasteiger partial charge in [-0.2, -0.15) is 0 Å². The number of amides is 1. The van der Waals surface area contributed by atoms with Gasteiger partial charge in [0.2, 0.25) is 0 Å². The molecule has 0 radical (unpaired) electrons. The van der Waals surface area contributed by atoms with E-state index in [0.29, 0.717) is 72.0 Å². The Hall–Kier alpha value is -4.20. The maximum absolute atomic E-state index is 13.0. The van der Waals surface area contributed by atoms with Crippen LogP contribution in [0.5, 0.6) is 28.7 Å². The number of esters is 1. The second kappa shape index (κ2) is 19.2. The first-order valence-corrected chi connectivity index (χ1v) is 15.9. The van der Waals surface area contributed by atoms with E-state index in [-0.39, 0.29) is 5.91 Å². The predicted octanol–water partition coefficient (Wildman–Crippen LogP) is 8.87. The fourth-order valence-corrected chi connectivity index (χ4v) is 4.03. The Kier molecular flexibility index (Phi) is 14.9. The summed E-state index contributed by atoms with van der Waals surface area (Å²) in [6.07, 6.45) is 7.75. The summed E-state index contributed by atoms with van der Waals surface area (Å²) in [7, 11) is 0. The van der Waals surface area contributed by atoms with E-state index in [1.54, 1.807) is 60.7 Å². The lowest BCUT2D eigenvalue weighted by Crippen LogP contribution is -2.13. The third-order valence-corrected chi connectivity index (χ3v) is 6.73. The van der Waals surface area contributed by atoms with Gasteiger partial charge in [-0.05, 0) is 86.3 Å². The van der Waals surface area contributed by atoms with Crippen molar-refractivity contribution in [3.05, 3.63) is 71.8 Å². The molecule has 0 saturated carbocycles. The predicted molar refractivity (Wildman–Crippen MR) is 174 cm³/mol. The first-order chi connectivity index (χ1) is 21.5. The summed E-state index contributed by atoms with van der Waals surface area (Å²) in [6.45, 7) is 10.7. The Morgan fingerprint density at radius 1 is 0.545 bits per heavy atom. The Morgan fingerprint density at radius 2 is 0.977 bits per heavy atom. The first-order valence-electron chi connectivity index (χ1n) is 15.9. The average molecular weight is 606 g/mol. The molecule has 0 spiro atoms. The number of hydrogen-bond donors (Lipinski definition) is 1. The summed E-state index contributed by atoms with van der Waals surface area (Å²) in [4.78, 5) is 26.0. The van der Waals surface area contributed by atoms with Crippen molar-refractivity contribution in [1.29, 1.82) is 0 Å². The van der Waals surface area contributed by atoms with Crippen LogP contribution >= 0.6 is 0 Å².